The van der Waals surface area contributed by atoms with Crippen LogP contribution in [0.5, 0.6) is 0 Å². The summed E-state index contributed by atoms with van der Waals surface area (Å²) in [4.78, 5) is 18.2. The molecule has 0 aromatic carbocycles. The molecule has 0 saturated heterocycles. The fraction of sp³-hybridized carbons (Fsp3) is 0.429. The molecule has 10 heteroatoms. The fourth-order valence-corrected chi connectivity index (χ4v) is 5.23. The first-order valence-corrected chi connectivity index (χ1v) is 10.4. The molecule has 132 valence electrons. The molecule has 0 spiro atoms. The molecule has 1 amide bonds. The summed E-state index contributed by atoms with van der Waals surface area (Å²) >= 11 is 2.50. The number of hydrogen-bond acceptors (Lipinski definition) is 7. The quantitative estimate of drug-likeness (QED) is 0.757. The van der Waals surface area contributed by atoms with Crippen LogP contribution in [-0.2, 0) is 14.8 Å². The first kappa shape index (κ1) is 19.0. The molecule has 0 bridgehead atoms. The number of aromatic nitrogens is 1. The Morgan fingerprint density at radius 3 is 2.71 bits per heavy atom. The molecular weight excluding hydrogens is 368 g/mol. The van der Waals surface area contributed by atoms with Crippen LogP contribution in [0.25, 0.3) is 10.4 Å². The maximum absolute atomic E-state index is 12.3. The van der Waals surface area contributed by atoms with Crippen LogP contribution in [0.1, 0.15) is 12.6 Å². The lowest BCUT2D eigenvalue weighted by Gasteiger charge is -2.09. The molecule has 2 heterocycles. The summed E-state index contributed by atoms with van der Waals surface area (Å²) in [6.07, 6.45) is 0. The standard InChI is InChI=1S/C14H20N4O3S3/c1-9-13(23-14(16-9)17-10(2)19)11-7-12(22-8-11)24(20,21)15-5-6-18(3)4/h7-8,15H,5-6H2,1-4H3,(H,16,17,19). The number of aryl methyl sites for hydroxylation is 1. The van der Waals surface area contributed by atoms with Crippen LogP contribution in [0.4, 0.5) is 5.13 Å². The van der Waals surface area contributed by atoms with Crippen LogP contribution < -0.4 is 10.0 Å². The predicted molar refractivity (Wildman–Crippen MR) is 98.2 cm³/mol. The smallest absolute Gasteiger partial charge is 0.250 e. The summed E-state index contributed by atoms with van der Waals surface area (Å²) in [6.45, 7) is 4.24. The van der Waals surface area contributed by atoms with Gasteiger partial charge in [0.25, 0.3) is 0 Å². The Morgan fingerprint density at radius 2 is 2.08 bits per heavy atom. The monoisotopic (exact) mass is 388 g/mol. The Morgan fingerprint density at radius 1 is 1.38 bits per heavy atom. The Kier molecular flexibility index (Phi) is 6.10. The molecule has 24 heavy (non-hydrogen) atoms. The van der Waals surface area contributed by atoms with Crippen molar-refractivity contribution in [3.05, 3.63) is 17.1 Å². The number of rotatable bonds is 7. The summed E-state index contributed by atoms with van der Waals surface area (Å²) in [5, 5.41) is 4.95. The fourth-order valence-electron chi connectivity index (χ4n) is 1.92. The summed E-state index contributed by atoms with van der Waals surface area (Å²) in [7, 11) is 0.260. The van der Waals surface area contributed by atoms with Crippen LogP contribution >= 0.6 is 22.7 Å². The maximum Gasteiger partial charge on any atom is 0.250 e. The van der Waals surface area contributed by atoms with Gasteiger partial charge in [0.1, 0.15) is 4.21 Å². The molecule has 7 nitrogen and oxygen atoms in total. The van der Waals surface area contributed by atoms with Crippen molar-refractivity contribution in [2.24, 2.45) is 0 Å². The third kappa shape index (κ3) is 4.84. The molecule has 2 aromatic heterocycles. The van der Waals surface area contributed by atoms with Gasteiger partial charge in [0.15, 0.2) is 5.13 Å². The van der Waals surface area contributed by atoms with E-state index in [1.54, 1.807) is 11.4 Å². The number of carbonyl (C=O) groups excluding carboxylic acids is 1. The van der Waals surface area contributed by atoms with Gasteiger partial charge in [0.2, 0.25) is 15.9 Å². The van der Waals surface area contributed by atoms with Crippen LogP contribution in [0.2, 0.25) is 0 Å². The van der Waals surface area contributed by atoms with Gasteiger partial charge in [-0.1, -0.05) is 11.3 Å². The lowest BCUT2D eigenvalue weighted by atomic mass is 10.2. The maximum atomic E-state index is 12.3. The SMILES string of the molecule is CC(=O)Nc1nc(C)c(-c2csc(S(=O)(=O)NCCN(C)C)c2)s1. The molecule has 0 fully saturated rings. The molecule has 2 aromatic rings. The van der Waals surface area contributed by atoms with Crippen molar-refractivity contribution < 1.29 is 13.2 Å². The van der Waals surface area contributed by atoms with Crippen LogP contribution in [0.15, 0.2) is 15.7 Å². The van der Waals surface area contributed by atoms with E-state index in [2.05, 4.69) is 15.0 Å². The van der Waals surface area contributed by atoms with Gasteiger partial charge in [0.05, 0.1) is 10.6 Å². The molecule has 0 radical (unpaired) electrons. The van der Waals surface area contributed by atoms with Gasteiger partial charge in [0, 0.05) is 31.0 Å². The number of anilines is 1. The first-order chi connectivity index (χ1) is 11.2. The largest absolute Gasteiger partial charge is 0.308 e. The third-order valence-electron chi connectivity index (χ3n) is 3.03. The van der Waals surface area contributed by atoms with Crippen molar-refractivity contribution in [1.29, 1.82) is 0 Å². The molecule has 0 saturated carbocycles. The molecule has 0 atom stereocenters. The van der Waals surface area contributed by atoms with Crippen LogP contribution in [0, 0.1) is 6.92 Å². The van der Waals surface area contributed by atoms with Crippen molar-refractivity contribution in [3.8, 4) is 10.4 Å². The van der Waals surface area contributed by atoms with Gasteiger partial charge in [-0.3, -0.25) is 4.79 Å². The number of nitrogens with one attached hydrogen (secondary N) is 2. The Bertz CT molecular complexity index is 824. The molecule has 2 rings (SSSR count). The number of thiazole rings is 1. The highest BCUT2D eigenvalue weighted by Crippen LogP contribution is 2.36. The normalized spacial score (nSPS) is 11.9. The van der Waals surface area contributed by atoms with E-state index in [4.69, 9.17) is 0 Å². The molecule has 0 aliphatic carbocycles. The number of amides is 1. The number of nitrogens with zero attached hydrogens (tertiary/aromatic N) is 2. The molecule has 2 N–H and O–H groups in total. The lowest BCUT2D eigenvalue weighted by molar-refractivity contribution is -0.114. The zero-order chi connectivity index (χ0) is 17.9. The van der Waals surface area contributed by atoms with Crippen LogP contribution in [-0.4, -0.2) is 51.4 Å². The molecule has 0 unspecified atom stereocenters. The van der Waals surface area contributed by atoms with Gasteiger partial charge in [-0.25, -0.2) is 18.1 Å². The summed E-state index contributed by atoms with van der Waals surface area (Å²) in [5.74, 6) is -0.186. The van der Waals surface area contributed by atoms with Crippen molar-refractivity contribution in [2.75, 3.05) is 32.5 Å². The zero-order valence-corrected chi connectivity index (χ0v) is 16.4. The molecule has 0 aliphatic rings. The van der Waals surface area contributed by atoms with Crippen molar-refractivity contribution in [3.63, 3.8) is 0 Å². The number of carbonyl (C=O) groups is 1. The lowest BCUT2D eigenvalue weighted by Crippen LogP contribution is -2.30. The highest BCUT2D eigenvalue weighted by Gasteiger charge is 2.19. The minimum Gasteiger partial charge on any atom is -0.308 e. The van der Waals surface area contributed by atoms with Crippen LogP contribution in [0.3, 0.4) is 0 Å². The average Bonchev–Trinajstić information content (AvgIpc) is 3.04. The Hall–Kier alpha value is -1.33. The second-order valence-electron chi connectivity index (χ2n) is 5.47. The van der Waals surface area contributed by atoms with E-state index in [0.29, 0.717) is 18.2 Å². The van der Waals surface area contributed by atoms with E-state index in [1.165, 1.54) is 29.6 Å². The van der Waals surface area contributed by atoms with E-state index in [9.17, 15) is 13.2 Å². The van der Waals surface area contributed by atoms with Crippen molar-refractivity contribution >= 4 is 43.7 Å². The second-order valence-corrected chi connectivity index (χ2v) is 9.37. The Labute approximate surface area is 149 Å². The van der Waals surface area contributed by atoms with Crippen molar-refractivity contribution in [2.45, 2.75) is 18.1 Å². The van der Waals surface area contributed by atoms with Gasteiger partial charge >= 0.3 is 0 Å². The summed E-state index contributed by atoms with van der Waals surface area (Å²) < 4.78 is 27.5. The second kappa shape index (κ2) is 7.70. The van der Waals surface area contributed by atoms with E-state index < -0.39 is 10.0 Å². The van der Waals surface area contributed by atoms with Gasteiger partial charge in [-0.05, 0) is 27.1 Å². The molecular formula is C14H20N4O3S3. The topological polar surface area (TPSA) is 91.4 Å². The van der Waals surface area contributed by atoms with E-state index >= 15 is 0 Å². The van der Waals surface area contributed by atoms with Crippen molar-refractivity contribution in [1.82, 2.24) is 14.6 Å². The highest BCUT2D eigenvalue weighted by molar-refractivity contribution is 7.91. The minimum absolute atomic E-state index is 0.186. The summed E-state index contributed by atoms with van der Waals surface area (Å²) in [6, 6.07) is 1.64. The molecule has 0 aliphatic heterocycles. The highest BCUT2D eigenvalue weighted by atomic mass is 32.2. The minimum atomic E-state index is -3.51. The van der Waals surface area contributed by atoms with Gasteiger partial charge < -0.3 is 10.2 Å². The number of sulfonamides is 1. The zero-order valence-electron chi connectivity index (χ0n) is 13.9. The summed E-state index contributed by atoms with van der Waals surface area (Å²) in [5.41, 5.74) is 1.55. The number of hydrogen-bond donors (Lipinski definition) is 2. The van der Waals surface area contributed by atoms with E-state index in [-0.39, 0.29) is 10.1 Å². The van der Waals surface area contributed by atoms with E-state index in [1.807, 2.05) is 25.9 Å². The van der Waals surface area contributed by atoms with Gasteiger partial charge in [-0.15, -0.1) is 11.3 Å². The Balaban J connectivity index is 2.18. The van der Waals surface area contributed by atoms with E-state index in [0.717, 1.165) is 16.1 Å². The average molecular weight is 389 g/mol. The number of likely N-dealkylation sites (N-methyl/N-ethyl adjacent to an activating group) is 1. The predicted octanol–water partition coefficient (Wildman–Crippen LogP) is 1.98. The number of thiophene rings is 1. The first-order valence-electron chi connectivity index (χ1n) is 7.17. The third-order valence-corrected chi connectivity index (χ3v) is 7.06. The van der Waals surface area contributed by atoms with Gasteiger partial charge in [-0.2, -0.15) is 0 Å².